The second-order valence-corrected chi connectivity index (χ2v) is 6.28. The van der Waals surface area contributed by atoms with Gasteiger partial charge in [0.1, 0.15) is 0 Å². The highest BCUT2D eigenvalue weighted by Gasteiger charge is 2.38. The molecule has 3 atom stereocenters. The number of carbonyl (C=O) groups is 2. The van der Waals surface area contributed by atoms with Crippen molar-refractivity contribution in [1.29, 1.82) is 0 Å². The van der Waals surface area contributed by atoms with Gasteiger partial charge in [-0.25, -0.2) is 0 Å². The van der Waals surface area contributed by atoms with Crippen LogP contribution in [0.2, 0.25) is 0 Å². The third kappa shape index (κ3) is 3.51. The van der Waals surface area contributed by atoms with E-state index in [0.29, 0.717) is 6.42 Å². The van der Waals surface area contributed by atoms with Crippen molar-refractivity contribution in [3.63, 3.8) is 0 Å². The van der Waals surface area contributed by atoms with Crippen molar-refractivity contribution >= 4 is 27.7 Å². The second-order valence-electron chi connectivity index (χ2n) is 5.37. The molecule has 1 heterocycles. The number of carbonyl (C=O) groups excluding carboxylic acids is 2. The van der Waals surface area contributed by atoms with Gasteiger partial charge in [-0.1, -0.05) is 35.0 Å². The number of piperazine rings is 1. The number of nitrogens with one attached hydrogen (secondary N) is 1. The molecule has 2 amide bonds. The Morgan fingerprint density at radius 3 is 2.76 bits per heavy atom. The number of hydrogen-bond acceptors (Lipinski definition) is 4. The number of nitrogens with zero attached hydrogens (tertiary/aromatic N) is 1. The van der Waals surface area contributed by atoms with E-state index in [2.05, 4.69) is 21.2 Å². The molecular weight excluding hydrogens is 334 g/mol. The summed E-state index contributed by atoms with van der Waals surface area (Å²) in [7, 11) is 0. The molecule has 1 aliphatic heterocycles. The molecule has 1 aliphatic rings. The average molecular weight is 354 g/mol. The summed E-state index contributed by atoms with van der Waals surface area (Å²) < 4.78 is 0.950. The van der Waals surface area contributed by atoms with Crippen LogP contribution in [0, 0.1) is 0 Å². The topological polar surface area (TPSA) is 75.4 Å². The van der Waals surface area contributed by atoms with Crippen molar-refractivity contribution in [3.8, 4) is 0 Å². The fraction of sp³-hybridized carbons (Fsp3) is 0.467. The maximum absolute atomic E-state index is 12.0. The third-order valence-corrected chi connectivity index (χ3v) is 4.22. The van der Waals surface area contributed by atoms with Crippen molar-refractivity contribution in [3.05, 3.63) is 34.3 Å². The van der Waals surface area contributed by atoms with Crippen LogP contribution in [0.15, 0.2) is 28.7 Å². The van der Waals surface area contributed by atoms with E-state index in [4.69, 9.17) is 5.73 Å². The molecule has 0 aliphatic carbocycles. The van der Waals surface area contributed by atoms with E-state index >= 15 is 0 Å². The van der Waals surface area contributed by atoms with E-state index in [1.165, 1.54) is 0 Å². The van der Waals surface area contributed by atoms with Crippen LogP contribution in [-0.4, -0.2) is 35.3 Å². The van der Waals surface area contributed by atoms with E-state index in [9.17, 15) is 9.59 Å². The molecule has 3 N–H and O–H groups in total. The lowest BCUT2D eigenvalue weighted by Crippen LogP contribution is -2.60. The quantitative estimate of drug-likeness (QED) is 0.805. The second kappa shape index (κ2) is 6.68. The molecule has 0 bridgehead atoms. The Balaban J connectivity index is 2.40. The summed E-state index contributed by atoms with van der Waals surface area (Å²) in [5, 5.41) is 2.40. The molecule has 0 saturated carbocycles. The van der Waals surface area contributed by atoms with Gasteiger partial charge in [0, 0.05) is 10.5 Å². The van der Waals surface area contributed by atoms with Crippen LogP contribution in [-0.2, 0) is 9.59 Å². The van der Waals surface area contributed by atoms with E-state index in [0.717, 1.165) is 10.0 Å². The summed E-state index contributed by atoms with van der Waals surface area (Å²) in [5.41, 5.74) is 7.16. The average Bonchev–Trinajstić information content (AvgIpc) is 2.38. The number of halogens is 1. The zero-order valence-corrected chi connectivity index (χ0v) is 13.8. The molecule has 1 aromatic rings. The van der Waals surface area contributed by atoms with Gasteiger partial charge in [-0.15, -0.1) is 0 Å². The molecular formula is C15H20BrN3O2. The van der Waals surface area contributed by atoms with Gasteiger partial charge in [0.2, 0.25) is 11.8 Å². The lowest BCUT2D eigenvalue weighted by molar-refractivity contribution is -0.142. The van der Waals surface area contributed by atoms with Crippen LogP contribution in [0.5, 0.6) is 0 Å². The van der Waals surface area contributed by atoms with Crippen molar-refractivity contribution < 1.29 is 9.59 Å². The highest BCUT2D eigenvalue weighted by molar-refractivity contribution is 9.10. The van der Waals surface area contributed by atoms with Crippen LogP contribution in [0.3, 0.4) is 0 Å². The Morgan fingerprint density at radius 2 is 2.19 bits per heavy atom. The first-order chi connectivity index (χ1) is 9.93. The van der Waals surface area contributed by atoms with Gasteiger partial charge in [-0.05, 0) is 31.0 Å². The maximum Gasteiger partial charge on any atom is 0.243 e. The van der Waals surface area contributed by atoms with Crippen LogP contribution in [0.4, 0.5) is 0 Å². The first-order valence-corrected chi connectivity index (χ1v) is 7.83. The third-order valence-electron chi connectivity index (χ3n) is 3.72. The highest BCUT2D eigenvalue weighted by atomic mass is 79.9. The summed E-state index contributed by atoms with van der Waals surface area (Å²) in [6.45, 7) is 4.02. The van der Waals surface area contributed by atoms with Crippen molar-refractivity contribution in [1.82, 2.24) is 10.2 Å². The summed E-state index contributed by atoms with van der Waals surface area (Å²) in [6, 6.07) is 7.11. The zero-order chi connectivity index (χ0) is 15.6. The standard InChI is InChI=1S/C15H20BrN3O2/c1-3-12-15(21)18-13(20)8-19(12)14(9(2)17)10-5-4-6-11(16)7-10/h4-7,9,12,14H,3,8,17H2,1-2H3,(H,18,20,21). The molecule has 0 aromatic heterocycles. The van der Waals surface area contributed by atoms with Gasteiger partial charge in [0.25, 0.3) is 0 Å². The van der Waals surface area contributed by atoms with Crippen LogP contribution >= 0.6 is 15.9 Å². The molecule has 1 saturated heterocycles. The summed E-state index contributed by atoms with van der Waals surface area (Å²) in [4.78, 5) is 25.7. The van der Waals surface area contributed by atoms with Gasteiger partial charge in [0.15, 0.2) is 0 Å². The highest BCUT2D eigenvalue weighted by Crippen LogP contribution is 2.29. The van der Waals surface area contributed by atoms with E-state index in [-0.39, 0.29) is 36.5 Å². The molecule has 0 spiro atoms. The molecule has 114 valence electrons. The number of nitrogens with two attached hydrogens (primary N) is 1. The predicted octanol–water partition coefficient (Wildman–Crippen LogP) is 1.57. The minimum absolute atomic E-state index is 0.178. The summed E-state index contributed by atoms with van der Waals surface area (Å²) in [5.74, 6) is -0.514. The van der Waals surface area contributed by atoms with E-state index in [1.807, 2.05) is 43.0 Å². The Kier molecular flexibility index (Phi) is 5.13. The maximum atomic E-state index is 12.0. The number of rotatable bonds is 4. The molecule has 2 rings (SSSR count). The van der Waals surface area contributed by atoms with E-state index in [1.54, 1.807) is 0 Å². The number of amides is 2. The SMILES string of the molecule is CCC1C(=O)NC(=O)CN1C(c1cccc(Br)c1)C(C)N. The zero-order valence-electron chi connectivity index (χ0n) is 12.2. The normalized spacial score (nSPS) is 22.8. The van der Waals surface area contributed by atoms with Crippen molar-refractivity contribution in [2.75, 3.05) is 6.54 Å². The number of hydrogen-bond donors (Lipinski definition) is 2. The largest absolute Gasteiger partial charge is 0.326 e. The number of imide groups is 1. The van der Waals surface area contributed by atoms with Gasteiger partial charge in [-0.2, -0.15) is 0 Å². The van der Waals surface area contributed by atoms with Gasteiger partial charge in [0.05, 0.1) is 18.6 Å². The first-order valence-electron chi connectivity index (χ1n) is 7.04. The smallest absolute Gasteiger partial charge is 0.243 e. The minimum atomic E-state index is -0.335. The van der Waals surface area contributed by atoms with Crippen molar-refractivity contribution in [2.24, 2.45) is 5.73 Å². The van der Waals surface area contributed by atoms with Crippen molar-refractivity contribution in [2.45, 2.75) is 38.4 Å². The molecule has 0 radical (unpaired) electrons. The summed E-state index contributed by atoms with van der Waals surface area (Å²) >= 11 is 3.45. The summed E-state index contributed by atoms with van der Waals surface area (Å²) in [6.07, 6.45) is 0.635. The lowest BCUT2D eigenvalue weighted by atomic mass is 9.95. The Labute approximate surface area is 133 Å². The molecule has 5 nitrogen and oxygen atoms in total. The van der Waals surface area contributed by atoms with Gasteiger partial charge >= 0.3 is 0 Å². The molecule has 1 fully saturated rings. The van der Waals surface area contributed by atoms with Crippen LogP contribution < -0.4 is 11.1 Å². The predicted molar refractivity (Wildman–Crippen MR) is 84.5 cm³/mol. The fourth-order valence-electron chi connectivity index (χ4n) is 2.89. The van der Waals surface area contributed by atoms with Gasteiger partial charge < -0.3 is 5.73 Å². The van der Waals surface area contributed by atoms with Gasteiger partial charge in [-0.3, -0.25) is 19.8 Å². The lowest BCUT2D eigenvalue weighted by Gasteiger charge is -2.41. The van der Waals surface area contributed by atoms with E-state index < -0.39 is 0 Å². The van der Waals surface area contributed by atoms with Crippen LogP contribution in [0.1, 0.15) is 31.9 Å². The number of benzene rings is 1. The molecule has 21 heavy (non-hydrogen) atoms. The van der Waals surface area contributed by atoms with Crippen LogP contribution in [0.25, 0.3) is 0 Å². The Hall–Kier alpha value is -1.24. The fourth-order valence-corrected chi connectivity index (χ4v) is 3.30. The molecule has 3 unspecified atom stereocenters. The minimum Gasteiger partial charge on any atom is -0.326 e. The Morgan fingerprint density at radius 1 is 1.48 bits per heavy atom. The Bertz CT molecular complexity index is 547. The molecule has 6 heteroatoms. The first kappa shape index (κ1) is 16.1. The molecule has 1 aromatic carbocycles. The monoisotopic (exact) mass is 353 g/mol.